The first-order valence-corrected chi connectivity index (χ1v) is 4.99. The van der Waals surface area contributed by atoms with E-state index in [1.165, 1.54) is 13.0 Å². The molecular formula is C10H9BrN2O2. The van der Waals surface area contributed by atoms with Crippen LogP contribution in [0.5, 0.6) is 0 Å². The fourth-order valence-electron chi connectivity index (χ4n) is 0.950. The van der Waals surface area contributed by atoms with Crippen molar-refractivity contribution in [3.63, 3.8) is 0 Å². The number of hydrogen-bond donors (Lipinski definition) is 1. The van der Waals surface area contributed by atoms with Gasteiger partial charge in [-0.05, 0) is 41.1 Å². The smallest absolute Gasteiger partial charge is 0.340 e. The van der Waals surface area contributed by atoms with Crippen LogP contribution in [0.25, 0.3) is 0 Å². The Hall–Kier alpha value is -1.54. The summed E-state index contributed by atoms with van der Waals surface area (Å²) in [6.45, 7) is 1.50. The lowest BCUT2D eigenvalue weighted by Gasteiger charge is -2.07. The Balaban J connectivity index is 2.92. The van der Waals surface area contributed by atoms with Crippen LogP contribution in [0.2, 0.25) is 0 Å². The molecule has 0 heterocycles. The number of hydrogen-bond acceptors (Lipinski definition) is 4. The monoisotopic (exact) mass is 268 g/mol. The van der Waals surface area contributed by atoms with Crippen molar-refractivity contribution in [1.82, 2.24) is 0 Å². The highest BCUT2D eigenvalue weighted by molar-refractivity contribution is 9.10. The van der Waals surface area contributed by atoms with E-state index in [0.29, 0.717) is 15.7 Å². The Morgan fingerprint density at radius 2 is 2.33 bits per heavy atom. The topological polar surface area (TPSA) is 76.1 Å². The highest BCUT2D eigenvalue weighted by atomic mass is 79.9. The lowest BCUT2D eigenvalue weighted by Crippen LogP contribution is -2.13. The second-order valence-electron chi connectivity index (χ2n) is 2.92. The molecule has 0 bridgehead atoms. The van der Waals surface area contributed by atoms with Gasteiger partial charge in [0.1, 0.15) is 6.07 Å². The molecule has 1 aromatic carbocycles. The molecule has 2 N–H and O–H groups in total. The van der Waals surface area contributed by atoms with Crippen LogP contribution in [0.4, 0.5) is 5.69 Å². The molecular weight excluding hydrogens is 260 g/mol. The summed E-state index contributed by atoms with van der Waals surface area (Å²) in [6.07, 6.45) is -0.772. The third kappa shape index (κ3) is 2.96. The SMILES string of the molecule is CC(C#N)OC(=O)c1cc(N)ccc1Br. The predicted octanol–water partition coefficient (Wildman–Crippen LogP) is 2.10. The molecule has 0 aromatic heterocycles. The zero-order valence-electron chi connectivity index (χ0n) is 8.03. The van der Waals surface area contributed by atoms with Gasteiger partial charge in [0.05, 0.1) is 5.56 Å². The number of ether oxygens (including phenoxy) is 1. The first-order valence-electron chi connectivity index (χ1n) is 4.20. The number of benzene rings is 1. The zero-order chi connectivity index (χ0) is 11.4. The van der Waals surface area contributed by atoms with Gasteiger partial charge < -0.3 is 10.5 Å². The minimum atomic E-state index is -0.772. The Labute approximate surface area is 95.8 Å². The predicted molar refractivity (Wildman–Crippen MR) is 59.0 cm³/mol. The van der Waals surface area contributed by atoms with Crippen LogP contribution in [0.3, 0.4) is 0 Å². The first kappa shape index (κ1) is 11.5. The van der Waals surface area contributed by atoms with Gasteiger partial charge in [-0.15, -0.1) is 0 Å². The number of anilines is 1. The van der Waals surface area contributed by atoms with Crippen molar-refractivity contribution >= 4 is 27.6 Å². The van der Waals surface area contributed by atoms with Gasteiger partial charge >= 0.3 is 5.97 Å². The molecule has 0 aliphatic rings. The van der Waals surface area contributed by atoms with Crippen LogP contribution in [0.1, 0.15) is 17.3 Å². The maximum Gasteiger partial charge on any atom is 0.340 e. The summed E-state index contributed by atoms with van der Waals surface area (Å²) in [5, 5.41) is 8.49. The molecule has 1 unspecified atom stereocenters. The average Bonchev–Trinajstić information content (AvgIpc) is 2.21. The Bertz CT molecular complexity index is 426. The average molecular weight is 269 g/mol. The number of carbonyl (C=O) groups excluding carboxylic acids is 1. The highest BCUT2D eigenvalue weighted by Crippen LogP contribution is 2.20. The van der Waals surface area contributed by atoms with Crippen LogP contribution in [0, 0.1) is 11.3 Å². The molecule has 0 saturated heterocycles. The fourth-order valence-corrected chi connectivity index (χ4v) is 1.36. The van der Waals surface area contributed by atoms with E-state index >= 15 is 0 Å². The summed E-state index contributed by atoms with van der Waals surface area (Å²) in [5.74, 6) is -0.566. The Morgan fingerprint density at radius 1 is 1.67 bits per heavy atom. The van der Waals surface area contributed by atoms with Crippen molar-refractivity contribution in [2.75, 3.05) is 5.73 Å². The summed E-state index contributed by atoms with van der Waals surface area (Å²) >= 11 is 3.20. The molecule has 0 aliphatic carbocycles. The highest BCUT2D eigenvalue weighted by Gasteiger charge is 2.14. The molecule has 1 rings (SSSR count). The maximum atomic E-state index is 11.5. The molecule has 0 aliphatic heterocycles. The number of nitrogen functional groups attached to an aromatic ring is 1. The van der Waals surface area contributed by atoms with Gasteiger partial charge in [-0.2, -0.15) is 5.26 Å². The molecule has 1 atom stereocenters. The molecule has 1 aromatic rings. The van der Waals surface area contributed by atoms with E-state index in [0.717, 1.165) is 0 Å². The number of halogens is 1. The van der Waals surface area contributed by atoms with Crippen molar-refractivity contribution in [3.05, 3.63) is 28.2 Å². The van der Waals surface area contributed by atoms with Gasteiger partial charge in [0.2, 0.25) is 0 Å². The minimum absolute atomic E-state index is 0.317. The van der Waals surface area contributed by atoms with Crippen molar-refractivity contribution in [2.24, 2.45) is 0 Å². The molecule has 78 valence electrons. The van der Waals surface area contributed by atoms with Gasteiger partial charge in [-0.1, -0.05) is 0 Å². The third-order valence-corrected chi connectivity index (χ3v) is 2.37. The van der Waals surface area contributed by atoms with Crippen LogP contribution in [-0.2, 0) is 4.74 Å². The van der Waals surface area contributed by atoms with E-state index < -0.39 is 12.1 Å². The largest absolute Gasteiger partial charge is 0.444 e. The van der Waals surface area contributed by atoms with Crippen molar-refractivity contribution in [1.29, 1.82) is 5.26 Å². The van der Waals surface area contributed by atoms with Crippen molar-refractivity contribution in [3.8, 4) is 6.07 Å². The van der Waals surface area contributed by atoms with E-state index in [1.54, 1.807) is 12.1 Å². The van der Waals surface area contributed by atoms with E-state index in [4.69, 9.17) is 15.7 Å². The molecule has 4 nitrogen and oxygen atoms in total. The molecule has 5 heteroatoms. The summed E-state index contributed by atoms with van der Waals surface area (Å²) in [7, 11) is 0. The number of rotatable bonds is 2. The molecule has 0 spiro atoms. The summed E-state index contributed by atoms with van der Waals surface area (Å²) in [5.41, 5.74) is 6.32. The summed E-state index contributed by atoms with van der Waals surface area (Å²) < 4.78 is 5.43. The van der Waals surface area contributed by atoms with Gasteiger partial charge in [0.15, 0.2) is 6.10 Å². The van der Waals surface area contributed by atoms with Crippen LogP contribution < -0.4 is 5.73 Å². The van der Waals surface area contributed by atoms with Gasteiger partial charge in [0.25, 0.3) is 0 Å². The molecule has 15 heavy (non-hydrogen) atoms. The lowest BCUT2D eigenvalue weighted by molar-refractivity contribution is 0.0434. The molecule has 0 saturated carbocycles. The van der Waals surface area contributed by atoms with Gasteiger partial charge in [-0.25, -0.2) is 4.79 Å². The summed E-state index contributed by atoms with van der Waals surface area (Å²) in [4.78, 5) is 11.5. The standard InChI is InChI=1S/C10H9BrN2O2/c1-6(5-12)15-10(14)8-4-7(13)2-3-9(8)11/h2-4,6H,13H2,1H3. The van der Waals surface area contributed by atoms with E-state index in [-0.39, 0.29) is 0 Å². The molecule has 0 amide bonds. The number of nitriles is 1. The third-order valence-electron chi connectivity index (χ3n) is 1.68. The summed E-state index contributed by atoms with van der Waals surface area (Å²) in [6, 6.07) is 6.62. The number of esters is 1. The second kappa shape index (κ2) is 4.80. The lowest BCUT2D eigenvalue weighted by atomic mass is 10.2. The normalized spacial score (nSPS) is 11.5. The quantitative estimate of drug-likeness (QED) is 0.658. The number of nitrogens with zero attached hydrogens (tertiary/aromatic N) is 1. The molecule has 0 fully saturated rings. The molecule has 0 radical (unpaired) electrons. The number of carbonyl (C=O) groups is 1. The van der Waals surface area contributed by atoms with Crippen LogP contribution >= 0.6 is 15.9 Å². The van der Waals surface area contributed by atoms with Crippen molar-refractivity contribution < 1.29 is 9.53 Å². The fraction of sp³-hybridized carbons (Fsp3) is 0.200. The van der Waals surface area contributed by atoms with E-state index in [2.05, 4.69) is 15.9 Å². The van der Waals surface area contributed by atoms with Gasteiger partial charge in [0, 0.05) is 10.2 Å². The first-order chi connectivity index (χ1) is 7.04. The Kier molecular flexibility index (Phi) is 3.69. The minimum Gasteiger partial charge on any atom is -0.444 e. The zero-order valence-corrected chi connectivity index (χ0v) is 9.61. The number of nitrogens with two attached hydrogens (primary N) is 1. The van der Waals surface area contributed by atoms with Gasteiger partial charge in [-0.3, -0.25) is 0 Å². The van der Waals surface area contributed by atoms with Crippen molar-refractivity contribution in [2.45, 2.75) is 13.0 Å². The second-order valence-corrected chi connectivity index (χ2v) is 3.77. The maximum absolute atomic E-state index is 11.5. The Morgan fingerprint density at radius 3 is 2.93 bits per heavy atom. The van der Waals surface area contributed by atoms with E-state index in [1.807, 2.05) is 6.07 Å². The van der Waals surface area contributed by atoms with E-state index in [9.17, 15) is 4.79 Å². The van der Waals surface area contributed by atoms with Crippen LogP contribution in [-0.4, -0.2) is 12.1 Å². The van der Waals surface area contributed by atoms with Crippen LogP contribution in [0.15, 0.2) is 22.7 Å².